The van der Waals surface area contributed by atoms with Crippen LogP contribution in [0.15, 0.2) is 0 Å². The first kappa shape index (κ1) is 29.9. The molecule has 13 heteroatoms. The Morgan fingerprint density at radius 1 is 1.00 bits per heavy atom. The van der Waals surface area contributed by atoms with Gasteiger partial charge in [-0.2, -0.15) is 25.3 Å². The molecular weight excluding hydrogens is 482 g/mol. The first-order chi connectivity index (χ1) is 15.7. The normalized spacial score (nSPS) is 17.9. The average molecular weight is 520 g/mol. The molecule has 1 rings (SSSR count). The molecule has 5 amide bonds. The largest absolute Gasteiger partial charge is 0.444 e. The Kier molecular flexibility index (Phi) is 11.0. The number of ether oxygens (including phenoxy) is 1. The molecule has 1 saturated heterocycles. The van der Waals surface area contributed by atoms with E-state index < -0.39 is 59.0 Å². The highest BCUT2D eigenvalue weighted by Gasteiger charge is 2.41. The Morgan fingerprint density at radius 3 is 2.09 bits per heavy atom. The lowest BCUT2D eigenvalue weighted by Gasteiger charge is -2.32. The van der Waals surface area contributed by atoms with Crippen molar-refractivity contribution < 1.29 is 28.7 Å². The summed E-state index contributed by atoms with van der Waals surface area (Å²) in [6, 6.07) is -2.66. The van der Waals surface area contributed by atoms with E-state index in [2.05, 4.69) is 46.5 Å². The molecule has 0 aromatic rings. The van der Waals surface area contributed by atoms with E-state index in [1.807, 2.05) is 0 Å². The minimum absolute atomic E-state index is 0.0153. The van der Waals surface area contributed by atoms with E-state index in [0.29, 0.717) is 19.4 Å². The summed E-state index contributed by atoms with van der Waals surface area (Å²) in [6.07, 6.45) is 0.229. The number of hydrogen-bond donors (Lipinski definition) is 6. The number of thiol groups is 2. The molecule has 0 saturated carbocycles. The van der Waals surface area contributed by atoms with Crippen molar-refractivity contribution in [2.24, 2.45) is 0 Å². The topological polar surface area (TPSA) is 146 Å². The molecule has 0 aromatic heterocycles. The summed E-state index contributed by atoms with van der Waals surface area (Å²) in [4.78, 5) is 64.2. The number of likely N-dealkylation sites (N-methyl/N-ethyl adjacent to an activating group) is 1. The van der Waals surface area contributed by atoms with Crippen molar-refractivity contribution in [3.8, 4) is 0 Å². The lowest BCUT2D eigenvalue weighted by Crippen LogP contribution is -2.62. The van der Waals surface area contributed by atoms with Crippen LogP contribution in [0.5, 0.6) is 0 Å². The van der Waals surface area contributed by atoms with Crippen LogP contribution in [-0.2, 0) is 23.9 Å². The van der Waals surface area contributed by atoms with Crippen LogP contribution in [0.4, 0.5) is 4.79 Å². The van der Waals surface area contributed by atoms with Crippen LogP contribution in [0.2, 0.25) is 0 Å². The van der Waals surface area contributed by atoms with Gasteiger partial charge in [-0.25, -0.2) is 4.79 Å². The van der Waals surface area contributed by atoms with Gasteiger partial charge >= 0.3 is 6.09 Å². The summed E-state index contributed by atoms with van der Waals surface area (Å²) in [6.45, 7) is 8.44. The average Bonchev–Trinajstić information content (AvgIpc) is 3.23. The number of rotatable bonds is 9. The molecule has 0 bridgehead atoms. The third-order valence-electron chi connectivity index (χ3n) is 5.06. The summed E-state index contributed by atoms with van der Waals surface area (Å²) < 4.78 is 5.20. The first-order valence-electron chi connectivity index (χ1n) is 11.0. The first-order valence-corrected chi connectivity index (χ1v) is 12.3. The predicted molar refractivity (Wildman–Crippen MR) is 134 cm³/mol. The predicted octanol–water partition coefficient (Wildman–Crippen LogP) is -0.144. The molecule has 0 spiro atoms. The summed E-state index contributed by atoms with van der Waals surface area (Å²) in [5, 5.41) is 10.2. The monoisotopic (exact) mass is 519 g/mol. The van der Waals surface area contributed by atoms with Crippen molar-refractivity contribution in [3.63, 3.8) is 0 Å². The molecule has 1 fully saturated rings. The van der Waals surface area contributed by atoms with Gasteiger partial charge in [-0.1, -0.05) is 0 Å². The summed E-state index contributed by atoms with van der Waals surface area (Å²) >= 11 is 8.24. The lowest BCUT2D eigenvalue weighted by molar-refractivity contribution is -0.141. The van der Waals surface area contributed by atoms with Gasteiger partial charge in [0.1, 0.15) is 29.3 Å². The van der Waals surface area contributed by atoms with Crippen LogP contribution in [-0.4, -0.2) is 89.0 Å². The van der Waals surface area contributed by atoms with Crippen molar-refractivity contribution in [1.29, 1.82) is 0 Å². The molecule has 1 aliphatic heterocycles. The standard InChI is InChI=1S/C21H37N5O6S2/c1-20(2,3)32-19(31)24-13(11-34)17(29)26-9-7-8-14(26)16(28)25-21(4,5)18(30)23-12(10-33)15(27)22-6/h12-14,33-34H,7-11H2,1-6H3,(H,22,27)(H,23,30)(H,24,31)(H,25,28)/t12-,13-,14-/m0/s1. The van der Waals surface area contributed by atoms with Gasteiger partial charge in [0.05, 0.1) is 0 Å². The Hall–Kier alpha value is -2.15. The zero-order valence-corrected chi connectivity index (χ0v) is 22.3. The van der Waals surface area contributed by atoms with E-state index in [-0.39, 0.29) is 11.5 Å². The molecule has 1 heterocycles. The summed E-state index contributed by atoms with van der Waals surface area (Å²) in [5.74, 6) is -1.86. The zero-order valence-electron chi connectivity index (χ0n) is 20.6. The smallest absolute Gasteiger partial charge is 0.408 e. The van der Waals surface area contributed by atoms with Gasteiger partial charge in [-0.15, -0.1) is 0 Å². The number of nitrogens with one attached hydrogen (secondary N) is 4. The molecule has 0 unspecified atom stereocenters. The highest BCUT2D eigenvalue weighted by atomic mass is 32.1. The van der Waals surface area contributed by atoms with Gasteiger partial charge in [0, 0.05) is 25.1 Å². The summed E-state index contributed by atoms with van der Waals surface area (Å²) in [7, 11) is 1.44. The maximum absolute atomic E-state index is 13.1. The van der Waals surface area contributed by atoms with Crippen LogP contribution in [0.1, 0.15) is 47.5 Å². The van der Waals surface area contributed by atoms with Crippen molar-refractivity contribution >= 4 is 55.0 Å². The number of amides is 5. The third kappa shape index (κ3) is 8.57. The maximum atomic E-state index is 13.1. The fraction of sp³-hybridized carbons (Fsp3) is 0.762. The highest BCUT2D eigenvalue weighted by Crippen LogP contribution is 2.20. The number of likely N-dealkylation sites (tertiary alicyclic amines) is 1. The van der Waals surface area contributed by atoms with Crippen LogP contribution in [0, 0.1) is 0 Å². The lowest BCUT2D eigenvalue weighted by atomic mass is 10.0. The number of hydrogen-bond acceptors (Lipinski definition) is 8. The molecular formula is C21H37N5O6S2. The van der Waals surface area contributed by atoms with E-state index in [9.17, 15) is 24.0 Å². The second kappa shape index (κ2) is 12.5. The van der Waals surface area contributed by atoms with Gasteiger partial charge in [-0.05, 0) is 47.5 Å². The molecule has 3 atom stereocenters. The molecule has 11 nitrogen and oxygen atoms in total. The molecule has 0 radical (unpaired) electrons. The SMILES string of the molecule is CNC(=O)[C@H](CS)NC(=O)C(C)(C)NC(=O)[C@@H]1CCCN1C(=O)[C@H](CS)NC(=O)OC(C)(C)C. The van der Waals surface area contributed by atoms with Crippen molar-refractivity contribution in [3.05, 3.63) is 0 Å². The van der Waals surface area contributed by atoms with E-state index in [1.165, 1.54) is 25.8 Å². The summed E-state index contributed by atoms with van der Waals surface area (Å²) in [5.41, 5.74) is -2.10. The van der Waals surface area contributed by atoms with Gasteiger partial charge in [-0.3, -0.25) is 19.2 Å². The Balaban J connectivity index is 2.87. The molecule has 34 heavy (non-hydrogen) atoms. The van der Waals surface area contributed by atoms with Crippen molar-refractivity contribution in [2.45, 2.75) is 76.7 Å². The fourth-order valence-corrected chi connectivity index (χ4v) is 3.80. The Labute approximate surface area is 211 Å². The second-order valence-electron chi connectivity index (χ2n) is 9.51. The number of carbonyl (C=O) groups is 5. The van der Waals surface area contributed by atoms with Crippen LogP contribution < -0.4 is 21.3 Å². The molecule has 4 N–H and O–H groups in total. The van der Waals surface area contributed by atoms with E-state index in [4.69, 9.17) is 4.74 Å². The zero-order chi connectivity index (χ0) is 26.3. The Morgan fingerprint density at radius 2 is 1.59 bits per heavy atom. The second-order valence-corrected chi connectivity index (χ2v) is 10.2. The van der Waals surface area contributed by atoms with Gasteiger partial charge in [0.15, 0.2) is 0 Å². The van der Waals surface area contributed by atoms with E-state index in [1.54, 1.807) is 20.8 Å². The molecule has 0 aliphatic carbocycles. The minimum atomic E-state index is -1.36. The van der Waals surface area contributed by atoms with Crippen LogP contribution in [0.25, 0.3) is 0 Å². The van der Waals surface area contributed by atoms with Crippen molar-refractivity contribution in [1.82, 2.24) is 26.2 Å². The minimum Gasteiger partial charge on any atom is -0.444 e. The van der Waals surface area contributed by atoms with E-state index >= 15 is 0 Å². The quantitative estimate of drug-likeness (QED) is 0.234. The van der Waals surface area contributed by atoms with Crippen LogP contribution >= 0.6 is 25.3 Å². The van der Waals surface area contributed by atoms with Crippen molar-refractivity contribution in [2.75, 3.05) is 25.1 Å². The van der Waals surface area contributed by atoms with Gasteiger partial charge in [0.2, 0.25) is 23.6 Å². The van der Waals surface area contributed by atoms with Crippen LogP contribution in [0.3, 0.4) is 0 Å². The number of carbonyl (C=O) groups excluding carboxylic acids is 5. The fourth-order valence-electron chi connectivity index (χ4n) is 3.29. The van der Waals surface area contributed by atoms with Gasteiger partial charge in [0.25, 0.3) is 0 Å². The Bertz CT molecular complexity index is 786. The molecule has 194 valence electrons. The maximum Gasteiger partial charge on any atom is 0.408 e. The number of alkyl carbamates (subject to hydrolysis) is 1. The molecule has 0 aromatic carbocycles. The highest BCUT2D eigenvalue weighted by molar-refractivity contribution is 7.80. The number of nitrogens with zero attached hydrogens (tertiary/aromatic N) is 1. The van der Waals surface area contributed by atoms with Gasteiger partial charge < -0.3 is 30.9 Å². The molecule has 1 aliphatic rings. The third-order valence-corrected chi connectivity index (χ3v) is 5.79. The van der Waals surface area contributed by atoms with E-state index in [0.717, 1.165) is 0 Å².